The van der Waals surface area contributed by atoms with Gasteiger partial charge in [0.25, 0.3) is 0 Å². The van der Waals surface area contributed by atoms with E-state index in [9.17, 15) is 0 Å². The average molecular weight is 411 g/mol. The van der Waals surface area contributed by atoms with Crippen LogP contribution in [0.4, 0.5) is 5.69 Å². The van der Waals surface area contributed by atoms with E-state index in [4.69, 9.17) is 0 Å². The van der Waals surface area contributed by atoms with Crippen LogP contribution >= 0.6 is 27.3 Å². The number of hydrogen-bond acceptors (Lipinski definition) is 4. The van der Waals surface area contributed by atoms with Crippen LogP contribution in [0.5, 0.6) is 0 Å². The molecular weight excluding hydrogens is 396 g/mol. The van der Waals surface area contributed by atoms with E-state index in [1.807, 2.05) is 12.1 Å². The van der Waals surface area contributed by atoms with Crippen LogP contribution in [-0.4, -0.2) is 21.1 Å². The first kappa shape index (κ1) is 15.1. The van der Waals surface area contributed by atoms with Gasteiger partial charge < -0.3 is 4.90 Å². The molecule has 0 aliphatic carbocycles. The summed E-state index contributed by atoms with van der Waals surface area (Å²) in [4.78, 5) is 4.70. The van der Waals surface area contributed by atoms with Gasteiger partial charge in [0, 0.05) is 33.3 Å². The summed E-state index contributed by atoms with van der Waals surface area (Å²) >= 11 is 5.24. The first-order valence-corrected chi connectivity index (χ1v) is 9.81. The number of fused-ring (bicyclic) bond motifs is 2. The van der Waals surface area contributed by atoms with Gasteiger partial charge >= 0.3 is 0 Å². The summed E-state index contributed by atoms with van der Waals surface area (Å²) in [7, 11) is 0. The van der Waals surface area contributed by atoms with E-state index in [-0.39, 0.29) is 0 Å². The van der Waals surface area contributed by atoms with Gasteiger partial charge in [-0.05, 0) is 30.2 Å². The van der Waals surface area contributed by atoms with E-state index in [2.05, 4.69) is 78.0 Å². The summed E-state index contributed by atoms with van der Waals surface area (Å²) in [5, 5.41) is 8.73. The van der Waals surface area contributed by atoms with Crippen LogP contribution in [0, 0.1) is 0 Å². The number of thiazole rings is 1. The van der Waals surface area contributed by atoms with Crippen molar-refractivity contribution < 1.29 is 0 Å². The number of halogens is 1. The van der Waals surface area contributed by atoms with E-state index in [1.54, 1.807) is 11.3 Å². The zero-order valence-corrected chi connectivity index (χ0v) is 15.8. The fraction of sp³-hybridized carbons (Fsp3) is 0.158. The Morgan fingerprint density at radius 2 is 2.00 bits per heavy atom. The SMILES string of the molecule is Brc1cccc(-c2nnc3sc(CN4CCc5ccccc54)cn23)c1. The molecule has 0 saturated carbocycles. The van der Waals surface area contributed by atoms with Gasteiger partial charge in [-0.25, -0.2) is 0 Å². The normalized spacial score (nSPS) is 13.6. The van der Waals surface area contributed by atoms with Gasteiger partial charge in [0.2, 0.25) is 4.96 Å². The minimum absolute atomic E-state index is 0.889. The molecule has 124 valence electrons. The Hall–Kier alpha value is -2.18. The highest BCUT2D eigenvalue weighted by Crippen LogP contribution is 2.31. The third-order valence-corrected chi connectivity index (χ3v) is 6.02. The Morgan fingerprint density at radius 3 is 2.92 bits per heavy atom. The molecule has 3 heterocycles. The van der Waals surface area contributed by atoms with Crippen molar-refractivity contribution in [1.29, 1.82) is 0 Å². The lowest BCUT2D eigenvalue weighted by Gasteiger charge is -2.17. The van der Waals surface area contributed by atoms with Gasteiger partial charge in [-0.2, -0.15) is 0 Å². The zero-order chi connectivity index (χ0) is 16.8. The molecule has 0 spiro atoms. The minimum Gasteiger partial charge on any atom is -0.366 e. The molecule has 6 heteroatoms. The molecule has 0 N–H and O–H groups in total. The molecule has 1 aliphatic heterocycles. The van der Waals surface area contributed by atoms with Gasteiger partial charge in [0.15, 0.2) is 5.82 Å². The molecule has 0 amide bonds. The second kappa shape index (κ2) is 5.97. The van der Waals surface area contributed by atoms with Crippen molar-refractivity contribution in [2.45, 2.75) is 13.0 Å². The molecule has 4 nitrogen and oxygen atoms in total. The van der Waals surface area contributed by atoms with Crippen LogP contribution in [0.15, 0.2) is 59.2 Å². The molecule has 2 aromatic carbocycles. The van der Waals surface area contributed by atoms with E-state index in [1.165, 1.54) is 16.1 Å². The molecule has 5 rings (SSSR count). The monoisotopic (exact) mass is 410 g/mol. The largest absolute Gasteiger partial charge is 0.366 e. The molecule has 1 aliphatic rings. The van der Waals surface area contributed by atoms with Gasteiger partial charge in [-0.15, -0.1) is 10.2 Å². The summed E-state index contributed by atoms with van der Waals surface area (Å²) in [6, 6.07) is 16.9. The molecule has 4 aromatic rings. The number of rotatable bonds is 3. The maximum atomic E-state index is 4.36. The summed E-state index contributed by atoms with van der Waals surface area (Å²) in [5.74, 6) is 0.889. The summed E-state index contributed by atoms with van der Waals surface area (Å²) < 4.78 is 3.15. The molecule has 0 fully saturated rings. The fourth-order valence-corrected chi connectivity index (χ4v) is 4.74. The van der Waals surface area contributed by atoms with Crippen molar-refractivity contribution in [3.63, 3.8) is 0 Å². The molecule has 0 unspecified atom stereocenters. The molecule has 0 saturated heterocycles. The van der Waals surface area contributed by atoms with Gasteiger partial charge in [-0.1, -0.05) is 57.6 Å². The third-order valence-electron chi connectivity index (χ3n) is 4.57. The van der Waals surface area contributed by atoms with Crippen molar-refractivity contribution in [2.24, 2.45) is 0 Å². The first-order valence-electron chi connectivity index (χ1n) is 8.20. The van der Waals surface area contributed by atoms with Crippen molar-refractivity contribution >= 4 is 37.9 Å². The zero-order valence-electron chi connectivity index (χ0n) is 13.4. The quantitative estimate of drug-likeness (QED) is 0.487. The predicted molar refractivity (Wildman–Crippen MR) is 105 cm³/mol. The highest BCUT2D eigenvalue weighted by Gasteiger charge is 2.20. The molecule has 0 radical (unpaired) electrons. The lowest BCUT2D eigenvalue weighted by Crippen LogP contribution is -2.18. The second-order valence-electron chi connectivity index (χ2n) is 6.18. The van der Waals surface area contributed by atoms with E-state index in [0.29, 0.717) is 0 Å². The highest BCUT2D eigenvalue weighted by atomic mass is 79.9. The van der Waals surface area contributed by atoms with Crippen molar-refractivity contribution in [3.05, 3.63) is 69.6 Å². The number of hydrogen-bond donors (Lipinski definition) is 0. The molecule has 0 atom stereocenters. The van der Waals surface area contributed by atoms with Crippen LogP contribution in [0.2, 0.25) is 0 Å². The molecule has 25 heavy (non-hydrogen) atoms. The number of aromatic nitrogens is 3. The first-order chi connectivity index (χ1) is 12.3. The Kier molecular flexibility index (Phi) is 3.60. The van der Waals surface area contributed by atoms with Crippen LogP contribution in [0.25, 0.3) is 16.3 Å². The number of anilines is 1. The maximum absolute atomic E-state index is 4.36. The van der Waals surface area contributed by atoms with Crippen molar-refractivity contribution in [3.8, 4) is 11.4 Å². The Morgan fingerprint density at radius 1 is 1.08 bits per heavy atom. The second-order valence-corrected chi connectivity index (χ2v) is 8.19. The maximum Gasteiger partial charge on any atom is 0.216 e. The Balaban J connectivity index is 1.48. The third kappa shape index (κ3) is 2.65. The van der Waals surface area contributed by atoms with Crippen LogP contribution in [-0.2, 0) is 13.0 Å². The lowest BCUT2D eigenvalue weighted by molar-refractivity contribution is 0.843. The van der Waals surface area contributed by atoms with Gasteiger partial charge in [0.1, 0.15) is 0 Å². The van der Waals surface area contributed by atoms with Crippen LogP contribution in [0.3, 0.4) is 0 Å². The molecular formula is C19H15BrN4S. The number of para-hydroxylation sites is 1. The molecule has 2 aromatic heterocycles. The minimum atomic E-state index is 0.889. The lowest BCUT2D eigenvalue weighted by atomic mass is 10.2. The topological polar surface area (TPSA) is 33.4 Å². The summed E-state index contributed by atoms with van der Waals surface area (Å²) in [6.45, 7) is 2.00. The van der Waals surface area contributed by atoms with E-state index in [0.717, 1.165) is 40.3 Å². The number of benzene rings is 2. The van der Waals surface area contributed by atoms with Crippen molar-refractivity contribution in [1.82, 2.24) is 14.6 Å². The van der Waals surface area contributed by atoms with Crippen LogP contribution in [0.1, 0.15) is 10.4 Å². The summed E-state index contributed by atoms with van der Waals surface area (Å²) in [5.41, 5.74) is 3.87. The van der Waals surface area contributed by atoms with Gasteiger partial charge in [-0.3, -0.25) is 4.40 Å². The van der Waals surface area contributed by atoms with E-state index >= 15 is 0 Å². The Bertz CT molecular complexity index is 1070. The number of nitrogens with zero attached hydrogens (tertiary/aromatic N) is 4. The fourth-order valence-electron chi connectivity index (χ4n) is 3.41. The standard InChI is InChI=1S/C19H15BrN4S/c20-15-6-3-5-14(10-15)18-21-22-19-24(18)12-16(25-19)11-23-9-8-13-4-1-2-7-17(13)23/h1-7,10,12H,8-9,11H2. The summed E-state index contributed by atoms with van der Waals surface area (Å²) in [6.07, 6.45) is 3.31. The molecule has 0 bridgehead atoms. The van der Waals surface area contributed by atoms with Crippen LogP contribution < -0.4 is 4.90 Å². The Labute approximate surface area is 157 Å². The smallest absolute Gasteiger partial charge is 0.216 e. The average Bonchev–Trinajstić information content (AvgIpc) is 3.30. The van der Waals surface area contributed by atoms with Crippen molar-refractivity contribution in [2.75, 3.05) is 11.4 Å². The van der Waals surface area contributed by atoms with E-state index < -0.39 is 0 Å². The predicted octanol–water partition coefficient (Wildman–Crippen LogP) is 4.78. The highest BCUT2D eigenvalue weighted by molar-refractivity contribution is 9.10. The van der Waals surface area contributed by atoms with Gasteiger partial charge in [0.05, 0.1) is 6.54 Å².